The third-order valence-electron chi connectivity index (χ3n) is 7.14. The van der Waals surface area contributed by atoms with Crippen LogP contribution in [-0.2, 0) is 32.2 Å². The fourth-order valence-electron chi connectivity index (χ4n) is 4.60. The van der Waals surface area contributed by atoms with Gasteiger partial charge in [-0.3, -0.25) is 4.79 Å². The third kappa shape index (κ3) is 7.64. The molecule has 0 saturated heterocycles. The second kappa shape index (κ2) is 13.5. The Kier molecular flexibility index (Phi) is 9.63. The molecule has 0 aromatic heterocycles. The van der Waals surface area contributed by atoms with Crippen LogP contribution in [0.5, 0.6) is 0 Å². The van der Waals surface area contributed by atoms with Crippen LogP contribution in [0.25, 0.3) is 5.57 Å². The summed E-state index contributed by atoms with van der Waals surface area (Å²) >= 11 is 0. The molecule has 0 unspecified atom stereocenters. The Labute approximate surface area is 232 Å². The molecule has 0 spiro atoms. The number of esters is 1. The van der Waals surface area contributed by atoms with Crippen molar-refractivity contribution in [3.63, 3.8) is 0 Å². The summed E-state index contributed by atoms with van der Waals surface area (Å²) in [6.45, 7) is 7.01. The fourth-order valence-corrected chi connectivity index (χ4v) is 4.60. The first kappa shape index (κ1) is 27.8. The molecule has 5 nitrogen and oxygen atoms in total. The lowest BCUT2D eigenvalue weighted by Crippen LogP contribution is -2.45. The third-order valence-corrected chi connectivity index (χ3v) is 7.14. The Hall–Kier alpha value is -4.25. The average molecular weight is 524 g/mol. The van der Waals surface area contributed by atoms with Crippen molar-refractivity contribution in [1.29, 1.82) is 0 Å². The summed E-state index contributed by atoms with van der Waals surface area (Å²) in [6.07, 6.45) is 5.49. The number of nitrogens with zero attached hydrogens (tertiary/aromatic N) is 1. The maximum Gasteiger partial charge on any atom is 0.308 e. The van der Waals surface area contributed by atoms with Crippen molar-refractivity contribution < 1.29 is 19.0 Å². The zero-order valence-corrected chi connectivity index (χ0v) is 23.0. The van der Waals surface area contributed by atoms with Crippen LogP contribution in [0.3, 0.4) is 0 Å². The summed E-state index contributed by atoms with van der Waals surface area (Å²) < 4.78 is 17.0. The summed E-state index contributed by atoms with van der Waals surface area (Å²) in [5, 5.41) is 0. The van der Waals surface area contributed by atoms with Gasteiger partial charge in [0.2, 0.25) is 0 Å². The van der Waals surface area contributed by atoms with Crippen molar-refractivity contribution in [2.45, 2.75) is 39.0 Å². The van der Waals surface area contributed by atoms with Crippen molar-refractivity contribution in [3.8, 4) is 0 Å². The predicted octanol–water partition coefficient (Wildman–Crippen LogP) is 7.31. The highest BCUT2D eigenvalue weighted by atomic mass is 16.5. The Morgan fingerprint density at radius 3 is 2.13 bits per heavy atom. The molecule has 0 N–H and O–H groups in total. The molecule has 0 radical (unpaired) electrons. The second-order valence-corrected chi connectivity index (χ2v) is 9.82. The van der Waals surface area contributed by atoms with E-state index < -0.39 is 0 Å². The highest BCUT2D eigenvalue weighted by molar-refractivity contribution is 5.78. The Morgan fingerprint density at radius 2 is 1.51 bits per heavy atom. The quantitative estimate of drug-likeness (QED) is 0.142. The molecule has 1 aliphatic carbocycles. The molecule has 0 bridgehead atoms. The molecule has 202 valence electrons. The number of allylic oxidation sites excluding steroid dienone is 4. The minimum atomic E-state index is -0.121. The molecule has 3 aromatic carbocycles. The van der Waals surface area contributed by atoms with E-state index >= 15 is 0 Å². The number of carbonyl (C=O) groups excluding carboxylic acids is 1. The van der Waals surface area contributed by atoms with Gasteiger partial charge in [-0.1, -0.05) is 79.4 Å². The van der Waals surface area contributed by atoms with Crippen LogP contribution < -0.4 is 4.90 Å². The van der Waals surface area contributed by atoms with Gasteiger partial charge in [0.1, 0.15) is 24.7 Å². The molecule has 1 saturated carbocycles. The molecule has 1 fully saturated rings. The lowest BCUT2D eigenvalue weighted by Gasteiger charge is -2.41. The van der Waals surface area contributed by atoms with Gasteiger partial charge in [-0.05, 0) is 60.7 Å². The van der Waals surface area contributed by atoms with Gasteiger partial charge in [0, 0.05) is 24.4 Å². The van der Waals surface area contributed by atoms with E-state index in [2.05, 4.69) is 54.9 Å². The van der Waals surface area contributed by atoms with Gasteiger partial charge in [0.25, 0.3) is 0 Å². The number of anilines is 1. The number of rotatable bonds is 12. The summed E-state index contributed by atoms with van der Waals surface area (Å²) in [4.78, 5) is 14.1. The average Bonchev–Trinajstić information content (AvgIpc) is 2.95. The molecule has 0 aliphatic heterocycles. The SMILES string of the molecule is C=C(/C=C\C(=C(/C)OCc1ccccc1)c1cccc(N(C)C2CC(C(=O)OC)C2)c1)OCc1ccccc1. The molecular weight excluding hydrogens is 486 g/mol. The van der Waals surface area contributed by atoms with E-state index in [1.165, 1.54) is 7.11 Å². The number of benzene rings is 3. The number of hydrogen-bond donors (Lipinski definition) is 0. The van der Waals surface area contributed by atoms with E-state index in [0.717, 1.165) is 46.6 Å². The summed E-state index contributed by atoms with van der Waals surface area (Å²) in [7, 11) is 3.53. The van der Waals surface area contributed by atoms with Crippen LogP contribution in [0.1, 0.15) is 36.5 Å². The van der Waals surface area contributed by atoms with Gasteiger partial charge in [-0.15, -0.1) is 0 Å². The van der Waals surface area contributed by atoms with Crippen molar-refractivity contribution in [2.24, 2.45) is 5.92 Å². The molecule has 0 heterocycles. The zero-order chi connectivity index (χ0) is 27.6. The summed E-state index contributed by atoms with van der Waals surface area (Å²) in [5.41, 5.74) is 5.26. The minimum Gasteiger partial charge on any atom is -0.493 e. The Morgan fingerprint density at radius 1 is 0.897 bits per heavy atom. The summed E-state index contributed by atoms with van der Waals surface area (Å²) in [5.74, 6) is 1.24. The first-order chi connectivity index (χ1) is 18.9. The van der Waals surface area contributed by atoms with E-state index in [4.69, 9.17) is 14.2 Å². The Bertz CT molecular complexity index is 1310. The number of hydrogen-bond acceptors (Lipinski definition) is 5. The van der Waals surface area contributed by atoms with Crippen molar-refractivity contribution >= 4 is 17.2 Å². The van der Waals surface area contributed by atoms with Crippen LogP contribution in [0.2, 0.25) is 0 Å². The van der Waals surface area contributed by atoms with Crippen LogP contribution >= 0.6 is 0 Å². The van der Waals surface area contributed by atoms with Gasteiger partial charge >= 0.3 is 5.97 Å². The van der Waals surface area contributed by atoms with Gasteiger partial charge in [0.15, 0.2) is 0 Å². The van der Waals surface area contributed by atoms with Crippen molar-refractivity contribution in [1.82, 2.24) is 0 Å². The van der Waals surface area contributed by atoms with Crippen molar-refractivity contribution in [3.05, 3.63) is 132 Å². The van der Waals surface area contributed by atoms with E-state index in [1.54, 1.807) is 0 Å². The number of ether oxygens (including phenoxy) is 3. The van der Waals surface area contributed by atoms with Gasteiger partial charge in [-0.25, -0.2) is 0 Å². The molecule has 0 amide bonds. The molecule has 1 aliphatic rings. The highest BCUT2D eigenvalue weighted by Gasteiger charge is 2.37. The molecule has 5 heteroatoms. The smallest absolute Gasteiger partial charge is 0.308 e. The minimum absolute atomic E-state index is 0.0143. The zero-order valence-electron chi connectivity index (χ0n) is 23.0. The monoisotopic (exact) mass is 523 g/mol. The van der Waals surface area contributed by atoms with Gasteiger partial charge in [0.05, 0.1) is 13.0 Å². The van der Waals surface area contributed by atoms with E-state index in [9.17, 15) is 4.79 Å². The lowest BCUT2D eigenvalue weighted by molar-refractivity contribution is -0.148. The normalized spacial score (nSPS) is 17.1. The van der Waals surface area contributed by atoms with Crippen LogP contribution in [0, 0.1) is 5.92 Å². The maximum absolute atomic E-state index is 11.8. The Balaban J connectivity index is 1.52. The number of methoxy groups -OCH3 is 1. The second-order valence-electron chi connectivity index (χ2n) is 9.82. The molecule has 0 atom stereocenters. The highest BCUT2D eigenvalue weighted by Crippen LogP contribution is 2.35. The molecule has 39 heavy (non-hydrogen) atoms. The summed E-state index contributed by atoms with van der Waals surface area (Å²) in [6, 6.07) is 28.9. The largest absolute Gasteiger partial charge is 0.493 e. The molecule has 3 aromatic rings. The van der Waals surface area contributed by atoms with Crippen LogP contribution in [0.4, 0.5) is 5.69 Å². The standard InChI is InChI=1S/C34H37NO4/c1-25(38-23-27-12-7-5-8-13-27)18-19-33(26(2)39-24-28-14-9-6-10-15-28)29-16-11-17-31(20-29)35(3)32-21-30(22-32)34(36)37-4/h5-20,30,32H,1,21-24H2,2-4H3/b19-18-,33-26-. The van der Waals surface area contributed by atoms with E-state index in [1.807, 2.05) is 67.6 Å². The van der Waals surface area contributed by atoms with Gasteiger partial charge < -0.3 is 19.1 Å². The molecule has 4 rings (SSSR count). The first-order valence-corrected chi connectivity index (χ1v) is 13.3. The lowest BCUT2D eigenvalue weighted by atomic mass is 9.79. The predicted molar refractivity (Wildman–Crippen MR) is 157 cm³/mol. The van der Waals surface area contributed by atoms with Gasteiger partial charge in [-0.2, -0.15) is 0 Å². The van der Waals surface area contributed by atoms with E-state index in [-0.39, 0.29) is 11.9 Å². The van der Waals surface area contributed by atoms with Crippen LogP contribution in [0.15, 0.2) is 115 Å². The van der Waals surface area contributed by atoms with E-state index in [0.29, 0.717) is 25.0 Å². The first-order valence-electron chi connectivity index (χ1n) is 13.3. The molecular formula is C34H37NO4. The van der Waals surface area contributed by atoms with Crippen molar-refractivity contribution in [2.75, 3.05) is 19.1 Å². The topological polar surface area (TPSA) is 48.0 Å². The number of carbonyl (C=O) groups is 1. The fraction of sp³-hybridized carbons (Fsp3) is 0.265. The maximum atomic E-state index is 11.8. The van der Waals surface area contributed by atoms with Crippen LogP contribution in [-0.4, -0.2) is 26.2 Å².